The molecule has 0 saturated carbocycles. The lowest BCUT2D eigenvalue weighted by Crippen LogP contribution is -2.41. The van der Waals surface area contributed by atoms with Crippen molar-refractivity contribution >= 4 is 11.9 Å². The molecular weight excluding hydrogens is 687 g/mol. The maximum absolute atomic E-state index is 13.3. The number of ether oxygens (including phenoxy) is 1. The van der Waals surface area contributed by atoms with Crippen LogP contribution in [0.4, 0.5) is 0 Å². The van der Waals surface area contributed by atoms with Gasteiger partial charge in [0, 0.05) is 42.7 Å². The number of amides is 1. The van der Waals surface area contributed by atoms with Crippen molar-refractivity contribution in [3.8, 4) is 22.5 Å². The van der Waals surface area contributed by atoms with E-state index < -0.39 is 17.6 Å². The molecule has 272 valence electrons. The zero-order valence-corrected chi connectivity index (χ0v) is 30.3. The van der Waals surface area contributed by atoms with E-state index in [1.807, 2.05) is 71.4 Å². The number of likely N-dealkylation sites (tertiary alicyclic amines) is 1. The number of carbonyl (C=O) groups is 2. The van der Waals surface area contributed by atoms with Gasteiger partial charge in [-0.05, 0) is 62.4 Å². The van der Waals surface area contributed by atoms with Crippen molar-refractivity contribution in [2.24, 2.45) is 0 Å². The molecule has 0 unspecified atom stereocenters. The summed E-state index contributed by atoms with van der Waals surface area (Å²) < 4.78 is 7.01. The molecule has 3 heterocycles. The number of aromatic nitrogens is 5. The highest BCUT2D eigenvalue weighted by atomic mass is 16.5. The summed E-state index contributed by atoms with van der Waals surface area (Å²) in [5.74, 6) is -0.0100. The van der Waals surface area contributed by atoms with E-state index in [0.717, 1.165) is 38.9 Å². The molecule has 0 bridgehead atoms. The number of carbonyl (C=O) groups excluding carboxylic acids is 2. The highest BCUT2D eigenvalue weighted by Gasteiger charge is 2.42. The van der Waals surface area contributed by atoms with Crippen LogP contribution in [0.3, 0.4) is 0 Å². The van der Waals surface area contributed by atoms with Crippen LogP contribution in [0.1, 0.15) is 39.0 Å². The largest absolute Gasteiger partial charge is 0.467 e. The summed E-state index contributed by atoms with van der Waals surface area (Å²) in [7, 11) is 1.35. The summed E-state index contributed by atoms with van der Waals surface area (Å²) in [5.41, 5.74) is 6.65. The molecule has 5 aromatic carbocycles. The molecule has 1 aliphatic rings. The average molecular weight is 726 g/mol. The molecule has 1 saturated heterocycles. The normalized spacial score (nSPS) is 15.5. The Labute approximate surface area is 319 Å². The Kier molecular flexibility index (Phi) is 10.0. The van der Waals surface area contributed by atoms with E-state index in [0.29, 0.717) is 30.9 Å². The van der Waals surface area contributed by atoms with Gasteiger partial charge in [0.05, 0.1) is 7.11 Å². The van der Waals surface area contributed by atoms with Crippen LogP contribution >= 0.6 is 0 Å². The van der Waals surface area contributed by atoms with Gasteiger partial charge in [0.15, 0.2) is 5.82 Å². The first-order chi connectivity index (χ1) is 27.1. The molecule has 0 spiro atoms. The molecule has 2 atom stereocenters. The third kappa shape index (κ3) is 6.79. The molecule has 7 aromatic rings. The highest BCUT2D eigenvalue weighted by molar-refractivity contribution is 5.97. The summed E-state index contributed by atoms with van der Waals surface area (Å²) in [4.78, 5) is 31.6. The number of nitrogens with zero attached hydrogens (tertiary/aromatic N) is 6. The van der Waals surface area contributed by atoms with Crippen LogP contribution in [-0.2, 0) is 21.6 Å². The molecule has 1 aliphatic heterocycles. The fourth-order valence-corrected chi connectivity index (χ4v) is 7.71. The van der Waals surface area contributed by atoms with Gasteiger partial charge in [0.1, 0.15) is 11.6 Å². The molecule has 10 heteroatoms. The van der Waals surface area contributed by atoms with Gasteiger partial charge in [-0.15, -0.1) is 5.10 Å². The molecule has 0 radical (unpaired) electrons. The van der Waals surface area contributed by atoms with Crippen LogP contribution in [0.15, 0.2) is 164 Å². The zero-order chi connectivity index (χ0) is 37.6. The number of hydrogen-bond donors (Lipinski definition) is 1. The highest BCUT2D eigenvalue weighted by Crippen LogP contribution is 2.43. The van der Waals surface area contributed by atoms with Crippen molar-refractivity contribution in [3.63, 3.8) is 0 Å². The standard InChI is InChI=1S/C45H39N7O3/c1-55-44(54)41-29-38(31-51(41)43(53)34-25-27-46-28-26-34)47-30-32-21-23-33(24-22-32)39-19-11-12-20-40(39)42-48-49-50-52(42)45(35-13-5-2-6-14-35,36-15-7-3-8-16-36)37-17-9-4-10-18-37/h2-28,38,41,47H,29-31H2,1H3/t38-,41-/m0/s1. The summed E-state index contributed by atoms with van der Waals surface area (Å²) in [6, 6.07) is 50.3. The number of rotatable bonds is 11. The Morgan fingerprint density at radius 2 is 1.29 bits per heavy atom. The van der Waals surface area contributed by atoms with Crippen molar-refractivity contribution in [1.29, 1.82) is 0 Å². The van der Waals surface area contributed by atoms with E-state index in [1.165, 1.54) is 7.11 Å². The Bertz CT molecular complexity index is 2270. The third-order valence-corrected chi connectivity index (χ3v) is 10.4. The second-order valence-corrected chi connectivity index (χ2v) is 13.5. The van der Waals surface area contributed by atoms with Crippen molar-refractivity contribution in [2.45, 2.75) is 30.6 Å². The van der Waals surface area contributed by atoms with Gasteiger partial charge in [0.25, 0.3) is 5.91 Å². The van der Waals surface area contributed by atoms with Crippen LogP contribution in [0.5, 0.6) is 0 Å². The monoisotopic (exact) mass is 725 g/mol. The van der Waals surface area contributed by atoms with Crippen LogP contribution in [0.2, 0.25) is 0 Å². The predicted octanol–water partition coefficient (Wildman–Crippen LogP) is 6.79. The molecule has 1 fully saturated rings. The number of tetrazole rings is 1. The molecule has 2 aromatic heterocycles. The van der Waals surface area contributed by atoms with Gasteiger partial charge in [-0.25, -0.2) is 9.48 Å². The fourth-order valence-electron chi connectivity index (χ4n) is 7.71. The second kappa shape index (κ2) is 15.7. The number of esters is 1. The zero-order valence-electron chi connectivity index (χ0n) is 30.3. The number of pyridine rings is 1. The minimum atomic E-state index is -0.878. The van der Waals surface area contributed by atoms with Crippen molar-refractivity contribution in [3.05, 3.63) is 192 Å². The first-order valence-corrected chi connectivity index (χ1v) is 18.2. The SMILES string of the molecule is COC(=O)[C@@H]1C[C@H](NCc2ccc(-c3ccccc3-c3nnnn3C(c3ccccc3)(c3ccccc3)c3ccccc3)cc2)CN1C(=O)c1ccncc1. The average Bonchev–Trinajstić information content (AvgIpc) is 3.93. The Hall–Kier alpha value is -6.78. The van der Waals surface area contributed by atoms with Crippen molar-refractivity contribution < 1.29 is 14.3 Å². The van der Waals surface area contributed by atoms with Gasteiger partial charge in [0.2, 0.25) is 0 Å². The van der Waals surface area contributed by atoms with E-state index >= 15 is 0 Å². The Morgan fingerprint density at radius 3 is 1.87 bits per heavy atom. The topological polar surface area (TPSA) is 115 Å². The fraction of sp³-hybridized carbons (Fsp3) is 0.156. The second-order valence-electron chi connectivity index (χ2n) is 13.5. The Balaban J connectivity index is 1.09. The van der Waals surface area contributed by atoms with Gasteiger partial charge < -0.3 is 15.0 Å². The predicted molar refractivity (Wildman–Crippen MR) is 210 cm³/mol. The van der Waals surface area contributed by atoms with Crippen LogP contribution in [-0.4, -0.2) is 67.7 Å². The van der Waals surface area contributed by atoms with Gasteiger partial charge >= 0.3 is 5.97 Å². The third-order valence-electron chi connectivity index (χ3n) is 10.4. The van der Waals surface area contributed by atoms with Gasteiger partial charge in [-0.2, -0.15) is 0 Å². The van der Waals surface area contributed by atoms with E-state index in [-0.39, 0.29) is 11.9 Å². The summed E-state index contributed by atoms with van der Waals surface area (Å²) in [6.07, 6.45) is 3.60. The summed E-state index contributed by atoms with van der Waals surface area (Å²) >= 11 is 0. The van der Waals surface area contributed by atoms with Crippen LogP contribution in [0, 0.1) is 0 Å². The molecule has 10 nitrogen and oxygen atoms in total. The van der Waals surface area contributed by atoms with E-state index in [9.17, 15) is 9.59 Å². The molecule has 55 heavy (non-hydrogen) atoms. The van der Waals surface area contributed by atoms with E-state index in [4.69, 9.17) is 15.0 Å². The molecule has 1 N–H and O–H groups in total. The van der Waals surface area contributed by atoms with Crippen LogP contribution in [0.25, 0.3) is 22.5 Å². The minimum absolute atomic E-state index is 0.0896. The van der Waals surface area contributed by atoms with E-state index in [2.05, 4.69) is 88.3 Å². The number of nitrogens with one attached hydrogen (secondary N) is 1. The molecule has 0 aliphatic carbocycles. The first-order valence-electron chi connectivity index (χ1n) is 18.2. The molecule has 1 amide bonds. The number of benzene rings is 5. The molecule has 8 rings (SSSR count). The van der Waals surface area contributed by atoms with Crippen molar-refractivity contribution in [1.82, 2.24) is 35.4 Å². The van der Waals surface area contributed by atoms with Gasteiger partial charge in [-0.1, -0.05) is 140 Å². The summed E-state index contributed by atoms with van der Waals surface area (Å²) in [5, 5.41) is 17.3. The Morgan fingerprint density at radius 1 is 0.727 bits per heavy atom. The maximum atomic E-state index is 13.3. The van der Waals surface area contributed by atoms with Gasteiger partial charge in [-0.3, -0.25) is 9.78 Å². The number of methoxy groups -OCH3 is 1. The lowest BCUT2D eigenvalue weighted by Gasteiger charge is -2.36. The first kappa shape index (κ1) is 35.3. The lowest BCUT2D eigenvalue weighted by molar-refractivity contribution is -0.145. The van der Waals surface area contributed by atoms with E-state index in [1.54, 1.807) is 29.4 Å². The maximum Gasteiger partial charge on any atom is 0.328 e. The van der Waals surface area contributed by atoms with Crippen LogP contribution < -0.4 is 5.32 Å². The quantitative estimate of drug-likeness (QED) is 0.115. The summed E-state index contributed by atoms with van der Waals surface area (Å²) in [6.45, 7) is 0.946. The molecular formula is C45H39N7O3. The minimum Gasteiger partial charge on any atom is -0.467 e. The number of hydrogen-bond acceptors (Lipinski definition) is 8. The van der Waals surface area contributed by atoms with Crippen molar-refractivity contribution in [2.75, 3.05) is 13.7 Å². The smallest absolute Gasteiger partial charge is 0.328 e. The lowest BCUT2D eigenvalue weighted by atomic mass is 9.77.